The summed E-state index contributed by atoms with van der Waals surface area (Å²) in [5, 5.41) is 0. The van der Waals surface area contributed by atoms with E-state index in [-0.39, 0.29) is 5.92 Å². The number of benzene rings is 1. The third-order valence-electron chi connectivity index (χ3n) is 4.19. The first-order valence-electron chi connectivity index (χ1n) is 6.91. The maximum atomic E-state index is 12.1. The van der Waals surface area contributed by atoms with E-state index in [0.29, 0.717) is 18.1 Å². The second kappa shape index (κ2) is 5.60. The van der Waals surface area contributed by atoms with Gasteiger partial charge in [0.15, 0.2) is 0 Å². The number of ketones is 1. The predicted molar refractivity (Wildman–Crippen MR) is 78.3 cm³/mol. The molecule has 1 aromatic rings. The van der Waals surface area contributed by atoms with Gasteiger partial charge in [-0.15, -0.1) is 0 Å². The van der Waals surface area contributed by atoms with Crippen molar-refractivity contribution >= 4 is 11.4 Å². The molecule has 19 heavy (non-hydrogen) atoms. The molecule has 102 valence electrons. The molecule has 2 atom stereocenters. The molecule has 0 bridgehead atoms. The molecule has 0 saturated carbocycles. The smallest absolute Gasteiger partial charge is 0.136 e. The summed E-state index contributed by atoms with van der Waals surface area (Å²) in [4.78, 5) is 12.1. The van der Waals surface area contributed by atoms with Crippen LogP contribution in [0.25, 0.3) is 5.57 Å². The molecule has 0 aromatic heterocycles. The quantitative estimate of drug-likeness (QED) is 0.764. The van der Waals surface area contributed by atoms with Crippen LogP contribution >= 0.6 is 0 Å². The summed E-state index contributed by atoms with van der Waals surface area (Å²) in [6, 6.07) is 6.15. The Balaban J connectivity index is 2.47. The molecule has 0 N–H and O–H groups in total. The number of fused-ring (bicyclic) bond motifs is 1. The standard InChI is InChI=1S/C17H22O2/c1-11-9-12(2)16-7-6-15(19-4)10-14(16)5-8-17(18)13(11)3/h6-7,9-11,13H,5,8H2,1-4H3/b12-9-/t11-,13-/m1/s1. The lowest BCUT2D eigenvalue weighted by atomic mass is 9.89. The molecule has 1 aliphatic carbocycles. The van der Waals surface area contributed by atoms with Crippen molar-refractivity contribution in [1.82, 2.24) is 0 Å². The molecule has 0 saturated heterocycles. The highest BCUT2D eigenvalue weighted by molar-refractivity contribution is 5.82. The number of methoxy groups -OCH3 is 1. The van der Waals surface area contributed by atoms with Crippen molar-refractivity contribution in [3.05, 3.63) is 35.4 Å². The number of ether oxygens (including phenoxy) is 1. The van der Waals surface area contributed by atoms with Crippen LogP contribution < -0.4 is 4.74 Å². The van der Waals surface area contributed by atoms with Gasteiger partial charge in [-0.05, 0) is 48.1 Å². The summed E-state index contributed by atoms with van der Waals surface area (Å²) < 4.78 is 5.28. The van der Waals surface area contributed by atoms with Crippen LogP contribution in [0.5, 0.6) is 5.75 Å². The third-order valence-corrected chi connectivity index (χ3v) is 4.19. The van der Waals surface area contributed by atoms with Crippen molar-refractivity contribution in [2.45, 2.75) is 33.6 Å². The summed E-state index contributed by atoms with van der Waals surface area (Å²) in [7, 11) is 1.68. The lowest BCUT2D eigenvalue weighted by Gasteiger charge is -2.14. The van der Waals surface area contributed by atoms with Gasteiger partial charge in [0.25, 0.3) is 0 Å². The van der Waals surface area contributed by atoms with Crippen LogP contribution in [0.1, 0.15) is 38.3 Å². The average Bonchev–Trinajstić information content (AvgIpc) is 2.45. The van der Waals surface area contributed by atoms with Crippen LogP contribution in [0.15, 0.2) is 24.3 Å². The Bertz CT molecular complexity index is 514. The number of carbonyl (C=O) groups is 1. The van der Waals surface area contributed by atoms with Crippen LogP contribution in [0.2, 0.25) is 0 Å². The third kappa shape index (κ3) is 2.89. The predicted octanol–water partition coefficient (Wildman–Crippen LogP) is 3.89. The van der Waals surface area contributed by atoms with Gasteiger partial charge in [0, 0.05) is 12.3 Å². The minimum Gasteiger partial charge on any atom is -0.497 e. The van der Waals surface area contributed by atoms with Crippen LogP contribution in [0.4, 0.5) is 0 Å². The number of hydrogen-bond acceptors (Lipinski definition) is 2. The van der Waals surface area contributed by atoms with Crippen molar-refractivity contribution in [2.75, 3.05) is 7.11 Å². The number of allylic oxidation sites excluding steroid dienone is 2. The van der Waals surface area contributed by atoms with Crippen LogP contribution in [-0.4, -0.2) is 12.9 Å². The van der Waals surface area contributed by atoms with Crippen molar-refractivity contribution in [1.29, 1.82) is 0 Å². The van der Waals surface area contributed by atoms with E-state index in [4.69, 9.17) is 4.74 Å². The van der Waals surface area contributed by atoms with Crippen LogP contribution in [0.3, 0.4) is 0 Å². The van der Waals surface area contributed by atoms with Crippen LogP contribution in [0, 0.1) is 11.8 Å². The van der Waals surface area contributed by atoms with Crippen molar-refractivity contribution in [2.24, 2.45) is 11.8 Å². The van der Waals surface area contributed by atoms with Crippen molar-refractivity contribution in [3.63, 3.8) is 0 Å². The molecule has 0 unspecified atom stereocenters. The first-order chi connectivity index (χ1) is 9.02. The fourth-order valence-electron chi connectivity index (χ4n) is 2.70. The molecule has 0 heterocycles. The maximum Gasteiger partial charge on any atom is 0.136 e. The minimum atomic E-state index is 0.103. The van der Waals surface area contributed by atoms with E-state index in [0.717, 1.165) is 12.2 Å². The Morgan fingerprint density at radius 1 is 1.21 bits per heavy atom. The molecule has 2 heteroatoms. The molecule has 0 aliphatic heterocycles. The second-order valence-electron chi connectivity index (χ2n) is 5.49. The number of carbonyl (C=O) groups excluding carboxylic acids is 1. The van der Waals surface area contributed by atoms with Gasteiger partial charge in [-0.1, -0.05) is 26.0 Å². The Labute approximate surface area is 115 Å². The van der Waals surface area contributed by atoms with Gasteiger partial charge in [0.05, 0.1) is 7.11 Å². The summed E-state index contributed by atoms with van der Waals surface area (Å²) in [5.74, 6) is 1.61. The van der Waals surface area contributed by atoms with Gasteiger partial charge in [-0.2, -0.15) is 0 Å². The Morgan fingerprint density at radius 3 is 2.63 bits per heavy atom. The first-order valence-corrected chi connectivity index (χ1v) is 6.91. The zero-order chi connectivity index (χ0) is 14.0. The second-order valence-corrected chi connectivity index (χ2v) is 5.49. The molecule has 1 aliphatic rings. The topological polar surface area (TPSA) is 26.3 Å². The number of hydrogen-bond donors (Lipinski definition) is 0. The van der Waals surface area contributed by atoms with Gasteiger partial charge in [-0.25, -0.2) is 0 Å². The molecule has 2 nitrogen and oxygen atoms in total. The Kier molecular flexibility index (Phi) is 4.08. The highest BCUT2D eigenvalue weighted by atomic mass is 16.5. The monoisotopic (exact) mass is 258 g/mol. The lowest BCUT2D eigenvalue weighted by Crippen LogP contribution is -2.17. The van der Waals surface area contributed by atoms with Crippen LogP contribution in [-0.2, 0) is 11.2 Å². The summed E-state index contributed by atoms with van der Waals surface area (Å²) in [6.07, 6.45) is 3.64. The number of rotatable bonds is 1. The Hall–Kier alpha value is -1.57. The van der Waals surface area contributed by atoms with E-state index in [2.05, 4.69) is 32.1 Å². The van der Waals surface area contributed by atoms with Gasteiger partial charge in [-0.3, -0.25) is 4.79 Å². The van der Waals surface area contributed by atoms with Gasteiger partial charge in [0.1, 0.15) is 11.5 Å². The summed E-state index contributed by atoms with van der Waals surface area (Å²) >= 11 is 0. The first kappa shape index (κ1) is 13.9. The highest BCUT2D eigenvalue weighted by Gasteiger charge is 2.21. The average molecular weight is 258 g/mol. The molecule has 1 aromatic carbocycles. The van der Waals surface area contributed by atoms with E-state index >= 15 is 0 Å². The van der Waals surface area contributed by atoms with Crippen molar-refractivity contribution < 1.29 is 9.53 Å². The van der Waals surface area contributed by atoms with E-state index in [1.165, 1.54) is 16.7 Å². The molecule has 0 spiro atoms. The normalized spacial score (nSPS) is 26.5. The zero-order valence-electron chi connectivity index (χ0n) is 12.2. The van der Waals surface area contributed by atoms with Gasteiger partial charge in [0.2, 0.25) is 0 Å². The molecular formula is C17H22O2. The van der Waals surface area contributed by atoms with E-state index in [9.17, 15) is 4.79 Å². The molecule has 0 amide bonds. The molecule has 0 radical (unpaired) electrons. The van der Waals surface area contributed by atoms with E-state index in [1.807, 2.05) is 13.0 Å². The Morgan fingerprint density at radius 2 is 1.95 bits per heavy atom. The maximum absolute atomic E-state index is 12.1. The zero-order valence-corrected chi connectivity index (χ0v) is 12.2. The largest absolute Gasteiger partial charge is 0.497 e. The van der Waals surface area contributed by atoms with Gasteiger partial charge >= 0.3 is 0 Å². The number of Topliss-reactive ketones (excluding diaryl/α,β-unsaturated/α-hetero) is 1. The van der Waals surface area contributed by atoms with E-state index in [1.54, 1.807) is 7.11 Å². The molecule has 0 fully saturated rings. The van der Waals surface area contributed by atoms with E-state index < -0.39 is 0 Å². The lowest BCUT2D eigenvalue weighted by molar-refractivity contribution is -0.123. The molecular weight excluding hydrogens is 236 g/mol. The SMILES string of the molecule is COc1ccc2c(c1)CCC(=O)[C@H](C)[C@H](C)/C=C\2C. The molecule has 2 rings (SSSR count). The van der Waals surface area contributed by atoms with Gasteiger partial charge < -0.3 is 4.74 Å². The van der Waals surface area contributed by atoms with Crippen molar-refractivity contribution in [3.8, 4) is 5.75 Å². The summed E-state index contributed by atoms with van der Waals surface area (Å²) in [5.41, 5.74) is 3.71. The highest BCUT2D eigenvalue weighted by Crippen LogP contribution is 2.30. The minimum absolute atomic E-state index is 0.103. The fraction of sp³-hybridized carbons (Fsp3) is 0.471. The number of aryl methyl sites for hydroxylation is 1. The summed E-state index contributed by atoms with van der Waals surface area (Å²) in [6.45, 7) is 6.29. The fourth-order valence-corrected chi connectivity index (χ4v) is 2.70.